The van der Waals surface area contributed by atoms with E-state index >= 15 is 0 Å². The SMILES string of the molecule is C=CC1CCN(c2ccc(S(=O)(=O)Nc3ccc(F)c(F)c3)cn2)CC1. The van der Waals surface area contributed by atoms with Crippen molar-refractivity contribution in [1.82, 2.24) is 4.98 Å². The monoisotopic (exact) mass is 379 g/mol. The molecule has 0 saturated carbocycles. The number of allylic oxidation sites excluding steroid dienone is 1. The summed E-state index contributed by atoms with van der Waals surface area (Å²) in [5, 5.41) is 0. The molecular weight excluding hydrogens is 360 g/mol. The Bertz CT molecular complexity index is 893. The number of piperidine rings is 1. The zero-order valence-corrected chi connectivity index (χ0v) is 14.8. The minimum atomic E-state index is -3.94. The Labute approximate surface area is 151 Å². The minimum Gasteiger partial charge on any atom is -0.357 e. The number of rotatable bonds is 5. The fourth-order valence-corrected chi connectivity index (χ4v) is 3.85. The molecule has 1 fully saturated rings. The molecule has 2 aromatic rings. The number of pyridine rings is 1. The number of halogens is 2. The molecule has 1 saturated heterocycles. The van der Waals surface area contributed by atoms with Crippen molar-refractivity contribution < 1.29 is 17.2 Å². The Balaban J connectivity index is 1.72. The predicted octanol–water partition coefficient (Wildman–Crippen LogP) is 3.56. The van der Waals surface area contributed by atoms with Crippen LogP contribution in [0.1, 0.15) is 12.8 Å². The highest BCUT2D eigenvalue weighted by atomic mass is 32.2. The molecule has 0 bridgehead atoms. The number of sulfonamides is 1. The molecule has 0 amide bonds. The summed E-state index contributed by atoms with van der Waals surface area (Å²) < 4.78 is 53.2. The van der Waals surface area contributed by atoms with E-state index < -0.39 is 21.7 Å². The molecule has 1 aliphatic heterocycles. The molecule has 3 rings (SSSR count). The van der Waals surface area contributed by atoms with Crippen LogP contribution in [0.3, 0.4) is 0 Å². The van der Waals surface area contributed by atoms with E-state index in [1.165, 1.54) is 12.3 Å². The van der Waals surface area contributed by atoms with Gasteiger partial charge in [0.15, 0.2) is 11.6 Å². The largest absolute Gasteiger partial charge is 0.357 e. The summed E-state index contributed by atoms with van der Waals surface area (Å²) in [5.74, 6) is -0.953. The quantitative estimate of drug-likeness (QED) is 0.807. The number of benzene rings is 1. The van der Waals surface area contributed by atoms with Crippen molar-refractivity contribution in [3.63, 3.8) is 0 Å². The van der Waals surface area contributed by atoms with Crippen molar-refractivity contribution in [3.05, 3.63) is 60.8 Å². The van der Waals surface area contributed by atoms with E-state index in [1.807, 2.05) is 6.08 Å². The number of hydrogen-bond acceptors (Lipinski definition) is 4. The van der Waals surface area contributed by atoms with Crippen LogP contribution in [0.15, 0.2) is 54.1 Å². The van der Waals surface area contributed by atoms with Crippen molar-refractivity contribution in [2.45, 2.75) is 17.7 Å². The van der Waals surface area contributed by atoms with Gasteiger partial charge in [0.25, 0.3) is 10.0 Å². The number of anilines is 2. The Hall–Kier alpha value is -2.48. The number of nitrogens with zero attached hydrogens (tertiary/aromatic N) is 2. The lowest BCUT2D eigenvalue weighted by Gasteiger charge is -2.31. The first-order valence-corrected chi connectivity index (χ1v) is 9.69. The standard InChI is InChI=1S/C18H19F2N3O2S/c1-2-13-7-9-23(10-8-13)18-6-4-15(12-21-18)26(24,25)22-14-3-5-16(19)17(20)11-14/h2-6,11-13,22H,1,7-10H2. The second kappa shape index (κ2) is 7.41. The molecule has 26 heavy (non-hydrogen) atoms. The zero-order chi connectivity index (χ0) is 18.7. The van der Waals surface area contributed by atoms with E-state index in [0.29, 0.717) is 11.7 Å². The highest BCUT2D eigenvalue weighted by molar-refractivity contribution is 7.92. The summed E-state index contributed by atoms with van der Waals surface area (Å²) in [6, 6.07) is 5.90. The molecule has 138 valence electrons. The van der Waals surface area contributed by atoms with E-state index in [0.717, 1.165) is 44.1 Å². The maximum atomic E-state index is 13.2. The van der Waals surface area contributed by atoms with Crippen molar-refractivity contribution in [2.24, 2.45) is 5.92 Å². The molecule has 8 heteroatoms. The molecule has 1 aromatic carbocycles. The van der Waals surface area contributed by atoms with Gasteiger partial charge >= 0.3 is 0 Å². The normalized spacial score (nSPS) is 15.7. The number of aromatic nitrogens is 1. The van der Waals surface area contributed by atoms with Crippen LogP contribution >= 0.6 is 0 Å². The maximum Gasteiger partial charge on any atom is 0.263 e. The second-order valence-electron chi connectivity index (χ2n) is 6.15. The predicted molar refractivity (Wildman–Crippen MR) is 96.5 cm³/mol. The van der Waals surface area contributed by atoms with E-state index in [9.17, 15) is 17.2 Å². The van der Waals surface area contributed by atoms with Gasteiger partial charge in [-0.3, -0.25) is 4.72 Å². The fraction of sp³-hybridized carbons (Fsp3) is 0.278. The number of nitrogens with one attached hydrogen (secondary N) is 1. The minimum absolute atomic E-state index is 0.0491. The maximum absolute atomic E-state index is 13.2. The molecule has 0 radical (unpaired) electrons. The Morgan fingerprint density at radius 1 is 1.15 bits per heavy atom. The van der Waals surface area contributed by atoms with Crippen LogP contribution in [0.25, 0.3) is 0 Å². The van der Waals surface area contributed by atoms with E-state index in [4.69, 9.17) is 0 Å². The highest BCUT2D eigenvalue weighted by Crippen LogP contribution is 2.24. The van der Waals surface area contributed by atoms with Crippen LogP contribution < -0.4 is 9.62 Å². The van der Waals surface area contributed by atoms with Crippen LogP contribution in [0.5, 0.6) is 0 Å². The summed E-state index contributed by atoms with van der Waals surface area (Å²) in [4.78, 5) is 6.29. The molecule has 0 unspecified atom stereocenters. The number of hydrogen-bond donors (Lipinski definition) is 1. The van der Waals surface area contributed by atoms with Crippen molar-refractivity contribution in [1.29, 1.82) is 0 Å². The van der Waals surface area contributed by atoms with Crippen molar-refractivity contribution in [3.8, 4) is 0 Å². The lowest BCUT2D eigenvalue weighted by atomic mass is 9.97. The van der Waals surface area contributed by atoms with Gasteiger partial charge in [-0.2, -0.15) is 0 Å². The van der Waals surface area contributed by atoms with Gasteiger partial charge in [0.05, 0.1) is 5.69 Å². The zero-order valence-electron chi connectivity index (χ0n) is 14.0. The molecule has 2 heterocycles. The highest BCUT2D eigenvalue weighted by Gasteiger charge is 2.20. The average molecular weight is 379 g/mol. The van der Waals surface area contributed by atoms with Gasteiger partial charge in [0.2, 0.25) is 0 Å². The van der Waals surface area contributed by atoms with Crippen LogP contribution in [0.2, 0.25) is 0 Å². The van der Waals surface area contributed by atoms with Crippen molar-refractivity contribution in [2.75, 3.05) is 22.7 Å². The van der Waals surface area contributed by atoms with Gasteiger partial charge in [0.1, 0.15) is 10.7 Å². The van der Waals surface area contributed by atoms with Gasteiger partial charge < -0.3 is 4.90 Å². The van der Waals surface area contributed by atoms with Gasteiger partial charge in [-0.05, 0) is 43.0 Å². The van der Waals surface area contributed by atoms with Gasteiger partial charge in [-0.15, -0.1) is 6.58 Å². The van der Waals surface area contributed by atoms with Crippen LogP contribution in [0.4, 0.5) is 20.3 Å². The summed E-state index contributed by atoms with van der Waals surface area (Å²) >= 11 is 0. The van der Waals surface area contributed by atoms with Crippen LogP contribution in [-0.4, -0.2) is 26.5 Å². The Kier molecular flexibility index (Phi) is 5.22. The van der Waals surface area contributed by atoms with E-state index in [2.05, 4.69) is 21.2 Å². The third kappa shape index (κ3) is 4.01. The first-order chi connectivity index (χ1) is 12.4. The van der Waals surface area contributed by atoms with Gasteiger partial charge in [-0.25, -0.2) is 22.2 Å². The smallest absolute Gasteiger partial charge is 0.263 e. The summed E-state index contributed by atoms with van der Waals surface area (Å²) in [6.45, 7) is 5.49. The summed E-state index contributed by atoms with van der Waals surface area (Å²) in [6.07, 6.45) is 5.20. The topological polar surface area (TPSA) is 62.3 Å². The molecule has 5 nitrogen and oxygen atoms in total. The first kappa shape index (κ1) is 18.3. The third-order valence-electron chi connectivity index (χ3n) is 4.40. The summed E-state index contributed by atoms with van der Waals surface area (Å²) in [7, 11) is -3.94. The molecule has 0 spiro atoms. The molecule has 0 aliphatic carbocycles. The second-order valence-corrected chi connectivity index (χ2v) is 7.83. The van der Waals surface area contributed by atoms with Gasteiger partial charge in [-0.1, -0.05) is 6.08 Å². The van der Waals surface area contributed by atoms with Crippen LogP contribution in [-0.2, 0) is 10.0 Å². The van der Waals surface area contributed by atoms with Crippen LogP contribution in [0, 0.1) is 17.6 Å². The molecular formula is C18H19F2N3O2S. The fourth-order valence-electron chi connectivity index (χ4n) is 2.86. The Morgan fingerprint density at radius 2 is 1.88 bits per heavy atom. The van der Waals surface area contributed by atoms with Crippen molar-refractivity contribution >= 4 is 21.5 Å². The molecule has 1 aliphatic rings. The lowest BCUT2D eigenvalue weighted by Crippen LogP contribution is -2.33. The van der Waals surface area contributed by atoms with E-state index in [1.54, 1.807) is 6.07 Å². The molecule has 1 N–H and O–H groups in total. The van der Waals surface area contributed by atoms with Gasteiger partial charge in [0, 0.05) is 25.4 Å². The summed E-state index contributed by atoms with van der Waals surface area (Å²) in [5.41, 5.74) is -0.0560. The Morgan fingerprint density at radius 3 is 2.46 bits per heavy atom. The third-order valence-corrected chi connectivity index (χ3v) is 5.77. The first-order valence-electron chi connectivity index (χ1n) is 8.20. The lowest BCUT2D eigenvalue weighted by molar-refractivity contribution is 0.477. The van der Waals surface area contributed by atoms with E-state index in [-0.39, 0.29) is 10.6 Å². The molecule has 0 atom stereocenters. The molecule has 1 aromatic heterocycles. The average Bonchev–Trinajstić information content (AvgIpc) is 2.65.